The molecule has 2 aliphatic heterocycles. The molecular weight excluding hydrogens is 356 g/mol. The average molecular weight is 374 g/mol. The molecule has 7 nitrogen and oxygen atoms in total. The summed E-state index contributed by atoms with van der Waals surface area (Å²) in [5.74, 6) is 1.74. The number of carbonyl (C=O) groups is 2. The van der Waals surface area contributed by atoms with E-state index in [0.29, 0.717) is 35.1 Å². The number of ether oxygens (including phenoxy) is 2. The van der Waals surface area contributed by atoms with Crippen LogP contribution >= 0.6 is 11.8 Å². The molecule has 136 valence electrons. The highest BCUT2D eigenvalue weighted by Gasteiger charge is 2.50. The molecule has 0 saturated carbocycles. The summed E-state index contributed by atoms with van der Waals surface area (Å²) in [7, 11) is 3.04. The molecule has 1 aromatic carbocycles. The summed E-state index contributed by atoms with van der Waals surface area (Å²) in [6.07, 6.45) is 1.56. The minimum absolute atomic E-state index is 0.184. The fourth-order valence-electron chi connectivity index (χ4n) is 3.40. The predicted molar refractivity (Wildman–Crippen MR) is 95.3 cm³/mol. The molecule has 0 aliphatic carbocycles. The standard InChI is InChI=1S/C18H18N2O5S/c1-23-13-6-5-11-14(15(13)24-2)17(22)20-12(9-26-18(11)20)16(21)19-8-10-4-3-7-25-10/h3-7,12,18H,8-9H2,1-2H3,(H,19,21)/t12-,18-/m0/s1. The second-order valence-corrected chi connectivity index (χ2v) is 7.09. The number of nitrogens with one attached hydrogen (secondary N) is 1. The Morgan fingerprint density at radius 3 is 2.88 bits per heavy atom. The molecule has 0 unspecified atom stereocenters. The maximum Gasteiger partial charge on any atom is 0.260 e. The fourth-order valence-corrected chi connectivity index (χ4v) is 4.85. The largest absolute Gasteiger partial charge is 0.493 e. The Morgan fingerprint density at radius 1 is 1.35 bits per heavy atom. The number of methoxy groups -OCH3 is 2. The van der Waals surface area contributed by atoms with Crippen LogP contribution in [0.2, 0.25) is 0 Å². The number of carbonyl (C=O) groups excluding carboxylic acids is 2. The molecule has 0 radical (unpaired) electrons. The van der Waals surface area contributed by atoms with Gasteiger partial charge in [0.2, 0.25) is 5.91 Å². The van der Waals surface area contributed by atoms with E-state index >= 15 is 0 Å². The monoisotopic (exact) mass is 374 g/mol. The Kier molecular flexibility index (Phi) is 4.28. The van der Waals surface area contributed by atoms with E-state index in [-0.39, 0.29) is 17.2 Å². The van der Waals surface area contributed by atoms with Gasteiger partial charge in [-0.05, 0) is 18.2 Å². The summed E-state index contributed by atoms with van der Waals surface area (Å²) in [6, 6.07) is 6.69. The van der Waals surface area contributed by atoms with Gasteiger partial charge in [-0.1, -0.05) is 6.07 Å². The lowest BCUT2D eigenvalue weighted by atomic mass is 10.1. The number of furan rings is 1. The van der Waals surface area contributed by atoms with E-state index < -0.39 is 6.04 Å². The molecule has 0 spiro atoms. The van der Waals surface area contributed by atoms with Crippen LogP contribution in [0.25, 0.3) is 0 Å². The molecule has 4 rings (SSSR count). The zero-order valence-corrected chi connectivity index (χ0v) is 15.2. The zero-order valence-electron chi connectivity index (χ0n) is 14.4. The highest BCUT2D eigenvalue weighted by molar-refractivity contribution is 7.99. The van der Waals surface area contributed by atoms with Crippen LogP contribution in [0.3, 0.4) is 0 Å². The second kappa shape index (κ2) is 6.60. The van der Waals surface area contributed by atoms with Gasteiger partial charge in [-0.2, -0.15) is 0 Å². The molecule has 2 aromatic rings. The van der Waals surface area contributed by atoms with Gasteiger partial charge in [0.15, 0.2) is 11.5 Å². The van der Waals surface area contributed by atoms with E-state index in [1.165, 1.54) is 14.2 Å². The number of fused-ring (bicyclic) bond motifs is 3. The fraction of sp³-hybridized carbons (Fsp3) is 0.333. The Bertz CT molecular complexity index is 852. The average Bonchev–Trinajstić information content (AvgIpc) is 3.37. The summed E-state index contributed by atoms with van der Waals surface area (Å²) in [5.41, 5.74) is 1.34. The molecule has 8 heteroatoms. The zero-order chi connectivity index (χ0) is 18.3. The van der Waals surface area contributed by atoms with E-state index in [4.69, 9.17) is 13.9 Å². The lowest BCUT2D eigenvalue weighted by molar-refractivity contribution is -0.125. The van der Waals surface area contributed by atoms with Crippen molar-refractivity contribution in [1.29, 1.82) is 0 Å². The maximum atomic E-state index is 13.1. The quantitative estimate of drug-likeness (QED) is 0.864. The molecule has 2 amide bonds. The van der Waals surface area contributed by atoms with Gasteiger partial charge in [-0.3, -0.25) is 9.59 Å². The van der Waals surface area contributed by atoms with Crippen molar-refractivity contribution in [2.24, 2.45) is 0 Å². The molecule has 3 heterocycles. The first-order valence-electron chi connectivity index (χ1n) is 8.15. The van der Waals surface area contributed by atoms with Gasteiger partial charge in [-0.25, -0.2) is 0 Å². The van der Waals surface area contributed by atoms with Crippen molar-refractivity contribution in [3.05, 3.63) is 47.4 Å². The number of nitrogens with zero attached hydrogens (tertiary/aromatic N) is 1. The van der Waals surface area contributed by atoms with Crippen molar-refractivity contribution < 1.29 is 23.5 Å². The van der Waals surface area contributed by atoms with Crippen LogP contribution in [-0.4, -0.2) is 42.7 Å². The Hall–Kier alpha value is -2.61. The number of thioether (sulfide) groups is 1. The van der Waals surface area contributed by atoms with Crippen LogP contribution in [0.5, 0.6) is 11.5 Å². The molecule has 2 atom stereocenters. The third kappa shape index (κ3) is 2.52. The Labute approximate surface area is 154 Å². The van der Waals surface area contributed by atoms with E-state index in [0.717, 1.165) is 5.56 Å². The van der Waals surface area contributed by atoms with E-state index in [2.05, 4.69) is 5.32 Å². The van der Waals surface area contributed by atoms with Gasteiger partial charge >= 0.3 is 0 Å². The van der Waals surface area contributed by atoms with Crippen molar-refractivity contribution in [3.63, 3.8) is 0 Å². The summed E-state index contributed by atoms with van der Waals surface area (Å²) >= 11 is 1.58. The Morgan fingerprint density at radius 2 is 2.19 bits per heavy atom. The highest BCUT2D eigenvalue weighted by atomic mass is 32.2. The number of amides is 2. The van der Waals surface area contributed by atoms with Gasteiger partial charge in [0.25, 0.3) is 5.91 Å². The molecule has 1 aromatic heterocycles. The lowest BCUT2D eigenvalue weighted by Gasteiger charge is -2.22. The SMILES string of the molecule is COc1ccc2c(c1OC)C(=O)N1[C@H](C(=O)NCc3ccco3)CS[C@@H]21. The van der Waals surface area contributed by atoms with Crippen molar-refractivity contribution in [3.8, 4) is 11.5 Å². The van der Waals surface area contributed by atoms with Crippen LogP contribution in [0.4, 0.5) is 0 Å². The maximum absolute atomic E-state index is 13.1. The first-order chi connectivity index (χ1) is 12.7. The highest BCUT2D eigenvalue weighted by Crippen LogP contribution is 2.52. The van der Waals surface area contributed by atoms with Crippen molar-refractivity contribution >= 4 is 23.6 Å². The molecule has 1 fully saturated rings. The summed E-state index contributed by atoms with van der Waals surface area (Å²) in [5, 5.41) is 2.66. The van der Waals surface area contributed by atoms with E-state index in [9.17, 15) is 9.59 Å². The first kappa shape index (κ1) is 16.8. The van der Waals surface area contributed by atoms with Crippen molar-refractivity contribution in [2.45, 2.75) is 18.0 Å². The lowest BCUT2D eigenvalue weighted by Crippen LogP contribution is -2.45. The normalized spacial score (nSPS) is 20.7. The van der Waals surface area contributed by atoms with Crippen LogP contribution < -0.4 is 14.8 Å². The third-order valence-electron chi connectivity index (χ3n) is 4.61. The summed E-state index contributed by atoms with van der Waals surface area (Å²) in [4.78, 5) is 27.3. The van der Waals surface area contributed by atoms with Crippen LogP contribution in [0.1, 0.15) is 27.1 Å². The summed E-state index contributed by atoms with van der Waals surface area (Å²) < 4.78 is 15.9. The third-order valence-corrected chi connectivity index (χ3v) is 5.92. The molecular formula is C18H18N2O5S. The number of rotatable bonds is 5. The van der Waals surface area contributed by atoms with Gasteiger partial charge in [0, 0.05) is 11.3 Å². The first-order valence-corrected chi connectivity index (χ1v) is 9.19. The minimum atomic E-state index is -0.532. The van der Waals surface area contributed by atoms with Gasteiger partial charge in [-0.15, -0.1) is 11.8 Å². The van der Waals surface area contributed by atoms with Gasteiger partial charge < -0.3 is 24.1 Å². The molecule has 0 bridgehead atoms. The van der Waals surface area contributed by atoms with Gasteiger partial charge in [0.1, 0.15) is 17.2 Å². The number of hydrogen-bond acceptors (Lipinski definition) is 6. The Balaban J connectivity index is 1.58. The molecule has 2 aliphatic rings. The summed E-state index contributed by atoms with van der Waals surface area (Å²) in [6.45, 7) is 0.295. The van der Waals surface area contributed by atoms with Crippen LogP contribution in [0.15, 0.2) is 34.9 Å². The molecule has 26 heavy (non-hydrogen) atoms. The van der Waals surface area contributed by atoms with Crippen LogP contribution in [0, 0.1) is 0 Å². The van der Waals surface area contributed by atoms with E-state index in [1.54, 1.807) is 41.1 Å². The second-order valence-electron chi connectivity index (χ2n) is 5.98. The van der Waals surface area contributed by atoms with Crippen molar-refractivity contribution in [2.75, 3.05) is 20.0 Å². The number of benzene rings is 1. The van der Waals surface area contributed by atoms with Crippen molar-refractivity contribution in [1.82, 2.24) is 10.2 Å². The van der Waals surface area contributed by atoms with Crippen LogP contribution in [-0.2, 0) is 11.3 Å². The molecule has 1 saturated heterocycles. The molecule has 1 N–H and O–H groups in total. The minimum Gasteiger partial charge on any atom is -0.493 e. The van der Waals surface area contributed by atoms with Gasteiger partial charge in [0.05, 0.1) is 32.6 Å². The smallest absolute Gasteiger partial charge is 0.260 e. The predicted octanol–water partition coefficient (Wildman–Crippen LogP) is 2.18. The topological polar surface area (TPSA) is 81.0 Å². The van der Waals surface area contributed by atoms with E-state index in [1.807, 2.05) is 6.07 Å². The number of hydrogen-bond donors (Lipinski definition) is 1.